The van der Waals surface area contributed by atoms with E-state index in [1.165, 1.54) is 0 Å². The molecule has 0 rings (SSSR count). The van der Waals surface area contributed by atoms with Crippen molar-refractivity contribution in [2.45, 2.75) is 45.6 Å². The molecule has 0 aromatic rings. The van der Waals surface area contributed by atoms with Crippen LogP contribution in [0, 0.1) is 0 Å². The molecule has 0 saturated carbocycles. The van der Waals surface area contributed by atoms with Gasteiger partial charge in [0.2, 0.25) is 0 Å². The molecule has 86 valence electrons. The van der Waals surface area contributed by atoms with Crippen molar-refractivity contribution in [1.29, 1.82) is 0 Å². The SMILES string of the molecule is CCCNC(CCC)COCC(F)F. The molecule has 1 N–H and O–H groups in total. The van der Waals surface area contributed by atoms with Crippen LogP contribution in [0.3, 0.4) is 0 Å². The highest BCUT2D eigenvalue weighted by Crippen LogP contribution is 2.00. The molecule has 0 aliphatic rings. The maximum Gasteiger partial charge on any atom is 0.261 e. The summed E-state index contributed by atoms with van der Waals surface area (Å²) in [5.41, 5.74) is 0. The van der Waals surface area contributed by atoms with Crippen LogP contribution in [0.25, 0.3) is 0 Å². The molecule has 0 aromatic carbocycles. The number of hydrogen-bond acceptors (Lipinski definition) is 2. The minimum atomic E-state index is -2.36. The summed E-state index contributed by atoms with van der Waals surface area (Å²) in [6.07, 6.45) is 0.709. The maximum atomic E-state index is 11.8. The van der Waals surface area contributed by atoms with Crippen LogP contribution in [0.15, 0.2) is 0 Å². The number of nitrogens with one attached hydrogen (secondary N) is 1. The van der Waals surface area contributed by atoms with E-state index in [0.717, 1.165) is 25.8 Å². The Balaban J connectivity index is 3.50. The normalized spacial score (nSPS) is 13.5. The Hall–Kier alpha value is -0.220. The van der Waals surface area contributed by atoms with Gasteiger partial charge in [-0.3, -0.25) is 0 Å². The molecule has 0 aliphatic carbocycles. The van der Waals surface area contributed by atoms with Crippen LogP contribution in [0.5, 0.6) is 0 Å². The van der Waals surface area contributed by atoms with Crippen molar-refractivity contribution in [2.75, 3.05) is 19.8 Å². The van der Waals surface area contributed by atoms with Crippen molar-refractivity contribution in [3.8, 4) is 0 Å². The smallest absolute Gasteiger partial charge is 0.261 e. The summed E-state index contributed by atoms with van der Waals surface area (Å²) in [4.78, 5) is 0. The first-order chi connectivity index (χ1) is 6.70. The summed E-state index contributed by atoms with van der Waals surface area (Å²) in [6, 6.07) is 0.221. The van der Waals surface area contributed by atoms with Crippen LogP contribution in [0.1, 0.15) is 33.1 Å². The molecule has 2 nitrogen and oxygen atoms in total. The molecule has 0 radical (unpaired) electrons. The predicted molar refractivity (Wildman–Crippen MR) is 53.8 cm³/mol. The average molecular weight is 209 g/mol. The van der Waals surface area contributed by atoms with Crippen LogP contribution in [0.2, 0.25) is 0 Å². The first-order valence-corrected chi connectivity index (χ1v) is 5.29. The Morgan fingerprint density at radius 1 is 1.14 bits per heavy atom. The van der Waals surface area contributed by atoms with Crippen LogP contribution < -0.4 is 5.32 Å². The highest BCUT2D eigenvalue weighted by atomic mass is 19.3. The third kappa shape index (κ3) is 8.38. The summed E-state index contributed by atoms with van der Waals surface area (Å²) in [5, 5.41) is 3.27. The van der Waals surface area contributed by atoms with Gasteiger partial charge < -0.3 is 10.1 Å². The van der Waals surface area contributed by atoms with Gasteiger partial charge in [-0.05, 0) is 19.4 Å². The molecular weight excluding hydrogens is 188 g/mol. The Morgan fingerprint density at radius 3 is 2.36 bits per heavy atom. The van der Waals surface area contributed by atoms with Crippen molar-refractivity contribution in [3.63, 3.8) is 0 Å². The lowest BCUT2D eigenvalue weighted by Gasteiger charge is -2.17. The van der Waals surface area contributed by atoms with Crippen molar-refractivity contribution in [2.24, 2.45) is 0 Å². The zero-order valence-electron chi connectivity index (χ0n) is 9.06. The van der Waals surface area contributed by atoms with Crippen LogP contribution in [0.4, 0.5) is 8.78 Å². The van der Waals surface area contributed by atoms with Gasteiger partial charge in [0.1, 0.15) is 6.61 Å². The molecule has 0 bridgehead atoms. The number of rotatable bonds is 9. The number of halogens is 2. The molecule has 4 heteroatoms. The fourth-order valence-corrected chi connectivity index (χ4v) is 1.24. The van der Waals surface area contributed by atoms with Crippen molar-refractivity contribution < 1.29 is 13.5 Å². The number of hydrogen-bond donors (Lipinski definition) is 1. The van der Waals surface area contributed by atoms with Crippen molar-refractivity contribution >= 4 is 0 Å². The highest BCUT2D eigenvalue weighted by molar-refractivity contribution is 4.64. The number of alkyl halides is 2. The van der Waals surface area contributed by atoms with Crippen molar-refractivity contribution in [3.05, 3.63) is 0 Å². The number of ether oxygens (including phenoxy) is 1. The molecule has 0 saturated heterocycles. The minimum absolute atomic E-state index is 0.221. The second-order valence-corrected chi connectivity index (χ2v) is 3.37. The molecule has 0 fully saturated rings. The monoisotopic (exact) mass is 209 g/mol. The molecule has 0 aromatic heterocycles. The fourth-order valence-electron chi connectivity index (χ4n) is 1.24. The second-order valence-electron chi connectivity index (χ2n) is 3.37. The highest BCUT2D eigenvalue weighted by Gasteiger charge is 2.08. The Labute approximate surface area is 85.0 Å². The fraction of sp³-hybridized carbons (Fsp3) is 1.00. The first-order valence-electron chi connectivity index (χ1n) is 5.29. The van der Waals surface area contributed by atoms with Gasteiger partial charge in [-0.15, -0.1) is 0 Å². The van der Waals surface area contributed by atoms with Crippen LogP contribution in [-0.4, -0.2) is 32.2 Å². The minimum Gasteiger partial charge on any atom is -0.374 e. The molecule has 14 heavy (non-hydrogen) atoms. The van der Waals surface area contributed by atoms with Gasteiger partial charge in [0.15, 0.2) is 0 Å². The summed E-state index contributed by atoms with van der Waals surface area (Å²) in [6.45, 7) is 5.01. The molecular formula is C10H21F2NO. The van der Waals surface area contributed by atoms with Gasteiger partial charge in [0.25, 0.3) is 6.43 Å². The Kier molecular flexibility index (Phi) is 9.19. The van der Waals surface area contributed by atoms with E-state index in [1.54, 1.807) is 0 Å². The van der Waals surface area contributed by atoms with Gasteiger partial charge in [0.05, 0.1) is 6.61 Å². The van der Waals surface area contributed by atoms with E-state index in [4.69, 9.17) is 4.74 Å². The lowest BCUT2D eigenvalue weighted by atomic mass is 10.2. The summed E-state index contributed by atoms with van der Waals surface area (Å²) in [7, 11) is 0. The predicted octanol–water partition coefficient (Wildman–Crippen LogP) is 2.44. The molecule has 0 aliphatic heterocycles. The molecule has 1 atom stereocenters. The van der Waals surface area contributed by atoms with Gasteiger partial charge in [0, 0.05) is 6.04 Å². The van der Waals surface area contributed by atoms with E-state index in [-0.39, 0.29) is 6.04 Å². The molecule has 1 unspecified atom stereocenters. The van der Waals surface area contributed by atoms with Gasteiger partial charge in [-0.1, -0.05) is 20.3 Å². The van der Waals surface area contributed by atoms with E-state index < -0.39 is 13.0 Å². The maximum absolute atomic E-state index is 11.8. The topological polar surface area (TPSA) is 21.3 Å². The zero-order chi connectivity index (χ0) is 10.8. The Bertz CT molecular complexity index is 123. The van der Waals surface area contributed by atoms with Gasteiger partial charge in [-0.2, -0.15) is 0 Å². The van der Waals surface area contributed by atoms with Crippen LogP contribution in [-0.2, 0) is 4.74 Å². The first kappa shape index (κ1) is 13.8. The summed E-state index contributed by atoms with van der Waals surface area (Å²) in [5.74, 6) is 0. The van der Waals surface area contributed by atoms with Gasteiger partial charge >= 0.3 is 0 Å². The second kappa shape index (κ2) is 9.34. The molecule has 0 spiro atoms. The Morgan fingerprint density at radius 2 is 1.86 bits per heavy atom. The average Bonchev–Trinajstić information content (AvgIpc) is 2.13. The molecule has 0 amide bonds. The lowest BCUT2D eigenvalue weighted by molar-refractivity contribution is 0.00866. The van der Waals surface area contributed by atoms with E-state index in [0.29, 0.717) is 6.61 Å². The summed E-state index contributed by atoms with van der Waals surface area (Å²) < 4.78 is 28.4. The van der Waals surface area contributed by atoms with E-state index in [1.807, 2.05) is 0 Å². The standard InChI is InChI=1S/C10H21F2NO/c1-3-5-9(13-6-4-2)7-14-8-10(11)12/h9-10,13H,3-8H2,1-2H3. The van der Waals surface area contributed by atoms with Crippen LogP contribution >= 0.6 is 0 Å². The third-order valence-electron chi connectivity index (χ3n) is 1.88. The lowest BCUT2D eigenvalue weighted by Crippen LogP contribution is -2.34. The van der Waals surface area contributed by atoms with Crippen molar-refractivity contribution in [1.82, 2.24) is 5.32 Å². The quantitative estimate of drug-likeness (QED) is 0.629. The van der Waals surface area contributed by atoms with Gasteiger partial charge in [-0.25, -0.2) is 8.78 Å². The van der Waals surface area contributed by atoms with E-state index in [9.17, 15) is 8.78 Å². The van der Waals surface area contributed by atoms with E-state index in [2.05, 4.69) is 19.2 Å². The third-order valence-corrected chi connectivity index (χ3v) is 1.88. The zero-order valence-corrected chi connectivity index (χ0v) is 9.06. The largest absolute Gasteiger partial charge is 0.374 e. The molecule has 0 heterocycles. The van der Waals surface area contributed by atoms with E-state index >= 15 is 0 Å². The summed E-state index contributed by atoms with van der Waals surface area (Å²) >= 11 is 0.